The number of hydrogen-bond donors (Lipinski definition) is 0. The average Bonchev–Trinajstić information content (AvgIpc) is 3.25. The monoisotopic (exact) mass is 774 g/mol. The van der Waals surface area contributed by atoms with E-state index in [0.717, 1.165) is 14.7 Å². The van der Waals surface area contributed by atoms with Gasteiger partial charge < -0.3 is 24.8 Å². The van der Waals surface area contributed by atoms with Crippen LogP contribution in [0.3, 0.4) is 0 Å². The van der Waals surface area contributed by atoms with Crippen molar-refractivity contribution in [1.82, 2.24) is 0 Å². The van der Waals surface area contributed by atoms with Gasteiger partial charge in [0.05, 0.1) is 0 Å². The van der Waals surface area contributed by atoms with Gasteiger partial charge in [0, 0.05) is 0 Å². The van der Waals surface area contributed by atoms with Gasteiger partial charge in [0.15, 0.2) is 0 Å². The molecule has 0 radical (unpaired) electrons. The number of halogens is 2. The van der Waals surface area contributed by atoms with E-state index in [2.05, 4.69) is 113 Å². The summed E-state index contributed by atoms with van der Waals surface area (Å²) in [5.74, 6) is 1.39. The zero-order valence-corrected chi connectivity index (χ0v) is 31.2. The van der Waals surface area contributed by atoms with Gasteiger partial charge in [0.25, 0.3) is 0 Å². The van der Waals surface area contributed by atoms with E-state index in [1.54, 1.807) is 22.3 Å². The quantitative estimate of drug-likeness (QED) is 0.212. The molecule has 0 spiro atoms. The van der Waals surface area contributed by atoms with Crippen molar-refractivity contribution in [2.24, 2.45) is 11.8 Å². The van der Waals surface area contributed by atoms with E-state index in [1.165, 1.54) is 60.1 Å². The molecule has 4 unspecified atom stereocenters. The van der Waals surface area contributed by atoms with Gasteiger partial charge in [0.2, 0.25) is 0 Å². The second-order valence-corrected chi connectivity index (χ2v) is 31.2. The first-order valence-electron chi connectivity index (χ1n) is 16.4. The number of fused-ring (bicyclic) bond motifs is 7. The van der Waals surface area contributed by atoms with Crippen LogP contribution in [0, 0.1) is 11.8 Å². The number of rotatable bonds is 6. The Balaban J connectivity index is 0.00000165. The predicted octanol–water partition coefficient (Wildman–Crippen LogP) is 5.99. The first-order valence-corrected chi connectivity index (χ1v) is 24.7. The minimum absolute atomic E-state index is 0. The molecule has 1 saturated heterocycles. The van der Waals surface area contributed by atoms with E-state index in [-0.39, 0.29) is 24.8 Å². The summed E-state index contributed by atoms with van der Waals surface area (Å²) in [6.07, 6.45) is 13.9. The summed E-state index contributed by atoms with van der Waals surface area (Å²) in [6.45, 7) is 9.79. The van der Waals surface area contributed by atoms with Crippen LogP contribution in [0.1, 0.15) is 95.8 Å². The van der Waals surface area contributed by atoms with E-state index in [9.17, 15) is 0 Å². The van der Waals surface area contributed by atoms with Crippen molar-refractivity contribution in [3.05, 3.63) is 106 Å². The second-order valence-electron chi connectivity index (χ2n) is 14.6. The maximum atomic E-state index is 2.72. The third-order valence-electron chi connectivity index (χ3n) is 11.3. The van der Waals surface area contributed by atoms with Crippen molar-refractivity contribution < 1.29 is 44.8 Å². The Labute approximate surface area is 275 Å². The Bertz CT molecular complexity index is 1620. The Morgan fingerprint density at radius 1 is 0.581 bits per heavy atom. The molecule has 4 atom stereocenters. The summed E-state index contributed by atoms with van der Waals surface area (Å²) in [7, 11) is 0. The van der Waals surface area contributed by atoms with Crippen LogP contribution in [0.2, 0.25) is 7.35 Å². The van der Waals surface area contributed by atoms with Crippen LogP contribution >= 0.6 is 0 Å². The normalized spacial score (nSPS) is 25.3. The SMILES string of the molecule is CC(C)CC1=Cc2c(ccc3ccccc23)[CH]1[Hf+2]1([CH]2C(CC(C)C)=Cc3c2ccc2ccccc32)[CH]2CCCC[CH]21.[Cl-].[Cl-]. The van der Waals surface area contributed by atoms with Crippen LogP contribution in [0.5, 0.6) is 0 Å². The largest absolute Gasteiger partial charge is 1.00 e. The molecule has 1 heterocycles. The molecule has 2 fully saturated rings. The molecule has 4 aromatic rings. The molecule has 4 aromatic carbocycles. The van der Waals surface area contributed by atoms with Crippen molar-refractivity contribution in [2.45, 2.75) is 80.9 Å². The van der Waals surface area contributed by atoms with Gasteiger partial charge in [0.1, 0.15) is 0 Å². The molecule has 3 heteroatoms. The van der Waals surface area contributed by atoms with Crippen molar-refractivity contribution in [3.63, 3.8) is 0 Å². The third kappa shape index (κ3) is 4.78. The van der Waals surface area contributed by atoms with Crippen molar-refractivity contribution in [1.29, 1.82) is 0 Å². The van der Waals surface area contributed by atoms with E-state index < -0.39 is 20.0 Å². The second kappa shape index (κ2) is 11.9. The molecule has 1 aliphatic heterocycles. The minimum atomic E-state index is -3.15. The Morgan fingerprint density at radius 2 is 1.00 bits per heavy atom. The van der Waals surface area contributed by atoms with Crippen LogP contribution in [-0.4, -0.2) is 0 Å². The fraction of sp³-hybridized carbons (Fsp3) is 0.400. The predicted molar refractivity (Wildman–Crippen MR) is 174 cm³/mol. The van der Waals surface area contributed by atoms with Gasteiger partial charge in [-0.25, -0.2) is 0 Å². The smallest absolute Gasteiger partial charge is 1.00 e. The standard InChI is InChI=1S/2C17H17.C6H10.2ClH.Hf/c2*1-12(2)9-13-10-15-8-7-14-5-3-4-6-16(14)17(15)11-13;1-2-4-6-5-3-1;;;/h2*3-8,10-12H,9H2,1-2H3;1-2H,3-6H2;2*1H;/q;;;;;+2/p-2. The molecule has 0 nitrogen and oxygen atoms in total. The summed E-state index contributed by atoms with van der Waals surface area (Å²) in [5, 5.41) is 5.78. The van der Waals surface area contributed by atoms with Crippen molar-refractivity contribution in [3.8, 4) is 0 Å². The van der Waals surface area contributed by atoms with Crippen molar-refractivity contribution >= 4 is 33.7 Å². The van der Waals surface area contributed by atoms with E-state index >= 15 is 0 Å². The first kappa shape index (κ1) is 31.3. The number of allylic oxidation sites excluding steroid dienone is 2. The molecule has 0 N–H and O–H groups in total. The summed E-state index contributed by atoms with van der Waals surface area (Å²) in [4.78, 5) is 0. The molecule has 43 heavy (non-hydrogen) atoms. The maximum Gasteiger partial charge on any atom is -1.00 e. The molecule has 222 valence electrons. The van der Waals surface area contributed by atoms with Crippen LogP contribution in [0.15, 0.2) is 83.9 Å². The van der Waals surface area contributed by atoms with Crippen LogP contribution < -0.4 is 24.8 Å². The number of benzene rings is 4. The van der Waals surface area contributed by atoms with Crippen LogP contribution in [0.4, 0.5) is 0 Å². The summed E-state index contributed by atoms with van der Waals surface area (Å²) < 4.78 is 3.59. The van der Waals surface area contributed by atoms with Gasteiger partial charge in [-0.2, -0.15) is 0 Å². The molecule has 0 bridgehead atoms. The molecule has 3 aliphatic carbocycles. The maximum absolute atomic E-state index is 3.15. The Hall–Kier alpha value is -1.67. The topological polar surface area (TPSA) is 0 Å². The van der Waals surface area contributed by atoms with Gasteiger partial charge >= 0.3 is 253 Å². The summed E-state index contributed by atoms with van der Waals surface area (Å²) >= 11 is -3.15. The summed E-state index contributed by atoms with van der Waals surface area (Å²) in [5.41, 5.74) is 10.3. The van der Waals surface area contributed by atoms with E-state index in [1.807, 2.05) is 11.1 Å². The van der Waals surface area contributed by atoms with Crippen LogP contribution in [-0.2, 0) is 20.0 Å². The molecule has 8 rings (SSSR count). The third-order valence-corrected chi connectivity index (χ3v) is 36.2. The Kier molecular flexibility index (Phi) is 8.69. The van der Waals surface area contributed by atoms with Gasteiger partial charge in [-0.1, -0.05) is 0 Å². The molecule has 0 amide bonds. The zero-order chi connectivity index (χ0) is 27.9. The van der Waals surface area contributed by atoms with Crippen LogP contribution in [0.25, 0.3) is 33.7 Å². The fourth-order valence-corrected chi connectivity index (χ4v) is 45.3. The number of hydrogen-bond acceptors (Lipinski definition) is 0. The molecular formula is C40H44Cl2Hf. The minimum Gasteiger partial charge on any atom is -1.00 e. The van der Waals surface area contributed by atoms with E-state index in [4.69, 9.17) is 0 Å². The van der Waals surface area contributed by atoms with Gasteiger partial charge in [-0.05, 0) is 0 Å². The fourth-order valence-electron chi connectivity index (χ4n) is 10.1. The zero-order valence-electron chi connectivity index (χ0n) is 26.0. The molecular weight excluding hydrogens is 730 g/mol. The average molecular weight is 774 g/mol. The Morgan fingerprint density at radius 3 is 1.42 bits per heavy atom. The molecule has 1 saturated carbocycles. The molecule has 0 aromatic heterocycles. The van der Waals surface area contributed by atoms with Gasteiger partial charge in [-0.15, -0.1) is 0 Å². The summed E-state index contributed by atoms with van der Waals surface area (Å²) in [6, 6.07) is 28.5. The van der Waals surface area contributed by atoms with Gasteiger partial charge in [-0.3, -0.25) is 0 Å². The van der Waals surface area contributed by atoms with Crippen molar-refractivity contribution in [2.75, 3.05) is 0 Å². The molecule has 4 aliphatic rings. The van der Waals surface area contributed by atoms with E-state index in [0.29, 0.717) is 11.8 Å². The first-order chi connectivity index (χ1) is 20.0.